The molecule has 0 spiro atoms. The monoisotopic (exact) mass is 351 g/mol. The highest BCUT2D eigenvalue weighted by Crippen LogP contribution is 2.10. The summed E-state index contributed by atoms with van der Waals surface area (Å²) in [4.78, 5) is 28.1. The molecule has 0 aromatic carbocycles. The fourth-order valence-corrected chi connectivity index (χ4v) is 2.90. The van der Waals surface area contributed by atoms with E-state index < -0.39 is 0 Å². The van der Waals surface area contributed by atoms with E-state index in [-0.39, 0.29) is 11.8 Å². The zero-order valence-electron chi connectivity index (χ0n) is 15.0. The lowest BCUT2D eigenvalue weighted by molar-refractivity contribution is -0.133. The molecule has 25 heavy (non-hydrogen) atoms. The van der Waals surface area contributed by atoms with Crippen LogP contribution in [0.15, 0.2) is 10.6 Å². The van der Waals surface area contributed by atoms with Gasteiger partial charge in [0.1, 0.15) is 5.76 Å². The number of carbonyl (C=O) groups excluding carboxylic acids is 2. The molecule has 8 heteroatoms. The Hall–Kier alpha value is -1.93. The van der Waals surface area contributed by atoms with Crippen molar-refractivity contribution in [1.82, 2.24) is 15.0 Å². The molecule has 140 valence electrons. The van der Waals surface area contributed by atoms with Crippen molar-refractivity contribution < 1.29 is 14.1 Å². The molecule has 1 aromatic rings. The van der Waals surface area contributed by atoms with Crippen LogP contribution in [0.1, 0.15) is 37.9 Å². The fraction of sp³-hybridized carbons (Fsp3) is 0.706. The van der Waals surface area contributed by atoms with E-state index in [1.165, 1.54) is 0 Å². The lowest BCUT2D eigenvalue weighted by atomic mass is 10.1. The van der Waals surface area contributed by atoms with Gasteiger partial charge in [-0.3, -0.25) is 14.5 Å². The Balaban J connectivity index is 1.62. The predicted molar refractivity (Wildman–Crippen MR) is 95.0 cm³/mol. The number of aromatic nitrogens is 1. The van der Waals surface area contributed by atoms with Gasteiger partial charge < -0.3 is 20.5 Å². The van der Waals surface area contributed by atoms with Crippen molar-refractivity contribution in [2.75, 3.05) is 44.6 Å². The van der Waals surface area contributed by atoms with Gasteiger partial charge in [0.05, 0.1) is 6.54 Å². The number of rotatable bonds is 9. The van der Waals surface area contributed by atoms with Crippen molar-refractivity contribution in [3.05, 3.63) is 11.8 Å². The second kappa shape index (κ2) is 10.1. The maximum Gasteiger partial charge on any atom is 0.239 e. The zero-order valence-corrected chi connectivity index (χ0v) is 15.0. The topological polar surface area (TPSA) is 105 Å². The van der Waals surface area contributed by atoms with Crippen LogP contribution in [0.3, 0.4) is 0 Å². The first-order valence-electron chi connectivity index (χ1n) is 9.02. The Morgan fingerprint density at radius 1 is 1.20 bits per heavy atom. The van der Waals surface area contributed by atoms with Crippen LogP contribution in [-0.2, 0) is 9.59 Å². The van der Waals surface area contributed by atoms with E-state index in [1.807, 2.05) is 9.80 Å². The molecule has 0 saturated carbocycles. The molecular formula is C17H29N5O3. The van der Waals surface area contributed by atoms with E-state index in [4.69, 9.17) is 10.3 Å². The van der Waals surface area contributed by atoms with Crippen LogP contribution >= 0.6 is 0 Å². The highest BCUT2D eigenvalue weighted by molar-refractivity contribution is 5.91. The summed E-state index contributed by atoms with van der Waals surface area (Å²) in [5, 5.41) is 6.46. The summed E-state index contributed by atoms with van der Waals surface area (Å²) >= 11 is 0. The third-order valence-corrected chi connectivity index (χ3v) is 4.33. The Morgan fingerprint density at radius 3 is 2.56 bits per heavy atom. The molecule has 0 atom stereocenters. The normalized spacial score (nSPS) is 15.4. The smallest absolute Gasteiger partial charge is 0.239 e. The minimum Gasteiger partial charge on any atom is -0.360 e. The number of hydrogen-bond acceptors (Lipinski definition) is 6. The fourth-order valence-electron chi connectivity index (χ4n) is 2.90. The average molecular weight is 351 g/mol. The van der Waals surface area contributed by atoms with E-state index in [1.54, 1.807) is 13.0 Å². The summed E-state index contributed by atoms with van der Waals surface area (Å²) in [7, 11) is 0. The Morgan fingerprint density at radius 2 is 1.92 bits per heavy atom. The molecular weight excluding hydrogens is 322 g/mol. The second-order valence-electron chi connectivity index (χ2n) is 6.48. The maximum atomic E-state index is 12.2. The van der Waals surface area contributed by atoms with Crippen molar-refractivity contribution >= 4 is 17.6 Å². The van der Waals surface area contributed by atoms with Gasteiger partial charge in [0.25, 0.3) is 0 Å². The minimum absolute atomic E-state index is 0.118. The summed E-state index contributed by atoms with van der Waals surface area (Å²) in [6, 6.07) is 1.68. The number of nitrogens with zero attached hydrogens (tertiary/aromatic N) is 3. The Labute approximate surface area is 148 Å². The van der Waals surface area contributed by atoms with Crippen LogP contribution in [0, 0.1) is 6.92 Å². The zero-order chi connectivity index (χ0) is 18.1. The summed E-state index contributed by atoms with van der Waals surface area (Å²) < 4.78 is 4.92. The number of amides is 2. The SMILES string of the molecule is Cc1cc(NC(=O)CN2CCN(C(=O)CCCCCCN)CC2)no1. The van der Waals surface area contributed by atoms with Gasteiger partial charge in [-0.15, -0.1) is 0 Å². The molecule has 1 saturated heterocycles. The molecule has 0 radical (unpaired) electrons. The lowest BCUT2D eigenvalue weighted by Gasteiger charge is -2.34. The first-order valence-corrected chi connectivity index (χ1v) is 9.02. The quantitative estimate of drug-likeness (QED) is 0.643. The van der Waals surface area contributed by atoms with E-state index in [9.17, 15) is 9.59 Å². The third kappa shape index (κ3) is 6.83. The number of aryl methyl sites for hydroxylation is 1. The van der Waals surface area contributed by atoms with Crippen LogP contribution in [0.2, 0.25) is 0 Å². The average Bonchev–Trinajstić information content (AvgIpc) is 2.99. The number of unbranched alkanes of at least 4 members (excludes halogenated alkanes) is 3. The van der Waals surface area contributed by atoms with Gasteiger partial charge in [-0.05, 0) is 26.3 Å². The number of piperazine rings is 1. The first kappa shape index (κ1) is 19.4. The molecule has 2 heterocycles. The number of nitrogens with one attached hydrogen (secondary N) is 1. The number of anilines is 1. The molecule has 1 fully saturated rings. The predicted octanol–water partition coefficient (Wildman–Crippen LogP) is 0.975. The van der Waals surface area contributed by atoms with E-state index in [0.717, 1.165) is 32.2 Å². The molecule has 0 aliphatic carbocycles. The van der Waals surface area contributed by atoms with Gasteiger partial charge in [-0.1, -0.05) is 18.0 Å². The van der Waals surface area contributed by atoms with Crippen LogP contribution in [-0.4, -0.2) is 66.0 Å². The molecule has 3 N–H and O–H groups in total. The van der Waals surface area contributed by atoms with Gasteiger partial charge in [0.15, 0.2) is 5.82 Å². The summed E-state index contributed by atoms with van der Waals surface area (Å²) in [5.41, 5.74) is 5.46. The van der Waals surface area contributed by atoms with Crippen molar-refractivity contribution in [2.24, 2.45) is 5.73 Å². The number of hydrogen-bond donors (Lipinski definition) is 2. The van der Waals surface area contributed by atoms with Crippen molar-refractivity contribution in [3.8, 4) is 0 Å². The summed E-state index contributed by atoms with van der Waals surface area (Å²) in [6.45, 7) is 5.58. The Bertz CT molecular complexity index is 552. The van der Waals surface area contributed by atoms with Gasteiger partial charge in [-0.25, -0.2) is 0 Å². The standard InChI is InChI=1S/C17H29N5O3/c1-14-12-15(20-25-14)19-16(23)13-21-8-10-22(11-9-21)17(24)6-4-2-3-5-7-18/h12H,2-11,13,18H2,1H3,(H,19,20,23). The van der Waals surface area contributed by atoms with Crippen LogP contribution in [0.5, 0.6) is 0 Å². The van der Waals surface area contributed by atoms with Crippen LogP contribution in [0.25, 0.3) is 0 Å². The molecule has 1 aliphatic rings. The van der Waals surface area contributed by atoms with E-state index in [2.05, 4.69) is 10.5 Å². The molecule has 1 aromatic heterocycles. The van der Waals surface area contributed by atoms with E-state index >= 15 is 0 Å². The van der Waals surface area contributed by atoms with Crippen LogP contribution in [0.4, 0.5) is 5.82 Å². The number of carbonyl (C=O) groups is 2. The molecule has 0 bridgehead atoms. The van der Waals surface area contributed by atoms with Crippen molar-refractivity contribution in [3.63, 3.8) is 0 Å². The van der Waals surface area contributed by atoms with Crippen LogP contribution < -0.4 is 11.1 Å². The van der Waals surface area contributed by atoms with Crippen molar-refractivity contribution in [2.45, 2.75) is 39.0 Å². The molecule has 1 aliphatic heterocycles. The summed E-state index contributed by atoms with van der Waals surface area (Å²) in [6.07, 6.45) is 4.72. The van der Waals surface area contributed by atoms with Gasteiger partial charge in [0.2, 0.25) is 11.8 Å². The second-order valence-corrected chi connectivity index (χ2v) is 6.48. The lowest BCUT2D eigenvalue weighted by Crippen LogP contribution is -2.50. The highest BCUT2D eigenvalue weighted by atomic mass is 16.5. The van der Waals surface area contributed by atoms with Gasteiger partial charge >= 0.3 is 0 Å². The minimum atomic E-state index is -0.118. The first-order chi connectivity index (χ1) is 12.1. The maximum absolute atomic E-state index is 12.2. The molecule has 2 rings (SSSR count). The molecule has 8 nitrogen and oxygen atoms in total. The number of nitrogens with two attached hydrogens (primary N) is 1. The van der Waals surface area contributed by atoms with Gasteiger partial charge in [-0.2, -0.15) is 0 Å². The third-order valence-electron chi connectivity index (χ3n) is 4.33. The highest BCUT2D eigenvalue weighted by Gasteiger charge is 2.22. The molecule has 2 amide bonds. The molecule has 0 unspecified atom stereocenters. The van der Waals surface area contributed by atoms with Gasteiger partial charge in [0, 0.05) is 38.7 Å². The largest absolute Gasteiger partial charge is 0.360 e. The van der Waals surface area contributed by atoms with E-state index in [0.29, 0.717) is 50.7 Å². The Kier molecular flexibility index (Phi) is 7.87. The summed E-state index contributed by atoms with van der Waals surface area (Å²) in [5.74, 6) is 1.19. The van der Waals surface area contributed by atoms with Crippen molar-refractivity contribution in [1.29, 1.82) is 0 Å².